The highest BCUT2D eigenvalue weighted by atomic mass is 15.3. The molecule has 0 aromatic rings. The summed E-state index contributed by atoms with van der Waals surface area (Å²) < 4.78 is 0. The molecule has 0 aromatic heterocycles. The van der Waals surface area contributed by atoms with Gasteiger partial charge < -0.3 is 10.6 Å². The van der Waals surface area contributed by atoms with Gasteiger partial charge in [0.15, 0.2) is 0 Å². The Morgan fingerprint density at radius 2 is 2.07 bits per heavy atom. The van der Waals surface area contributed by atoms with Crippen LogP contribution in [-0.4, -0.2) is 55.6 Å². The molecule has 1 aliphatic heterocycles. The first-order valence-corrected chi connectivity index (χ1v) is 5.76. The molecule has 1 heterocycles. The van der Waals surface area contributed by atoms with Gasteiger partial charge in [0.25, 0.3) is 0 Å². The predicted octanol–water partition coefficient (Wildman–Crippen LogP) is 0.361. The molecule has 1 unspecified atom stereocenters. The average molecular weight is 197 g/mol. The van der Waals surface area contributed by atoms with Gasteiger partial charge in [0, 0.05) is 38.8 Å². The molecule has 1 saturated heterocycles. The van der Waals surface area contributed by atoms with E-state index >= 15 is 0 Å². The highest BCUT2D eigenvalue weighted by Gasteiger charge is 2.40. The van der Waals surface area contributed by atoms with Gasteiger partial charge in [0.05, 0.1) is 0 Å². The lowest BCUT2D eigenvalue weighted by Crippen LogP contribution is -2.55. The predicted molar refractivity (Wildman–Crippen MR) is 59.3 cm³/mol. The van der Waals surface area contributed by atoms with Crippen molar-refractivity contribution in [1.82, 2.24) is 9.80 Å². The number of piperazine rings is 1. The second-order valence-corrected chi connectivity index (χ2v) is 5.43. The van der Waals surface area contributed by atoms with Gasteiger partial charge >= 0.3 is 0 Å². The maximum Gasteiger partial charge on any atom is 0.0346 e. The van der Waals surface area contributed by atoms with E-state index in [4.69, 9.17) is 5.73 Å². The van der Waals surface area contributed by atoms with Gasteiger partial charge in [-0.15, -0.1) is 0 Å². The Hall–Kier alpha value is -0.120. The van der Waals surface area contributed by atoms with Crippen LogP contribution in [0.15, 0.2) is 0 Å². The Kier molecular flexibility index (Phi) is 2.82. The fourth-order valence-corrected chi connectivity index (χ4v) is 2.34. The molecule has 0 amide bonds. The minimum Gasteiger partial charge on any atom is -0.329 e. The van der Waals surface area contributed by atoms with Crippen molar-refractivity contribution in [1.29, 1.82) is 0 Å². The van der Waals surface area contributed by atoms with Crippen LogP contribution in [-0.2, 0) is 0 Å². The van der Waals surface area contributed by atoms with E-state index < -0.39 is 0 Å². The molecule has 82 valence electrons. The molecule has 2 rings (SSSR count). The molecule has 0 radical (unpaired) electrons. The number of hydrogen-bond acceptors (Lipinski definition) is 3. The minimum absolute atomic E-state index is 0.589. The summed E-state index contributed by atoms with van der Waals surface area (Å²) in [6.45, 7) is 8.02. The standard InChI is InChI=1S/C11H23N3/c1-11(3-4-11)9-14-6-5-13(2)8-10(14)7-12/h10H,3-9,12H2,1-2H3. The number of nitrogens with zero attached hydrogens (tertiary/aromatic N) is 2. The molecule has 2 fully saturated rings. The lowest BCUT2D eigenvalue weighted by molar-refractivity contribution is 0.0780. The van der Waals surface area contributed by atoms with Crippen molar-refractivity contribution in [3.05, 3.63) is 0 Å². The zero-order valence-corrected chi connectivity index (χ0v) is 9.50. The topological polar surface area (TPSA) is 32.5 Å². The molecule has 3 nitrogen and oxygen atoms in total. The Balaban J connectivity index is 1.89. The Labute approximate surface area is 87.2 Å². The molecule has 1 atom stereocenters. The van der Waals surface area contributed by atoms with Crippen LogP contribution in [0.5, 0.6) is 0 Å². The summed E-state index contributed by atoms with van der Waals surface area (Å²) in [5, 5.41) is 0. The van der Waals surface area contributed by atoms with Gasteiger partial charge in [-0.1, -0.05) is 6.92 Å². The summed E-state index contributed by atoms with van der Waals surface area (Å²) in [4.78, 5) is 5.00. The van der Waals surface area contributed by atoms with Crippen LogP contribution >= 0.6 is 0 Å². The van der Waals surface area contributed by atoms with Crippen molar-refractivity contribution in [2.75, 3.05) is 39.8 Å². The Morgan fingerprint density at radius 1 is 1.36 bits per heavy atom. The van der Waals surface area contributed by atoms with Crippen LogP contribution in [0.1, 0.15) is 19.8 Å². The molecular formula is C11H23N3. The van der Waals surface area contributed by atoms with Crippen molar-refractivity contribution in [2.45, 2.75) is 25.8 Å². The molecule has 0 aromatic carbocycles. The maximum atomic E-state index is 5.83. The van der Waals surface area contributed by atoms with E-state index in [-0.39, 0.29) is 0 Å². The van der Waals surface area contributed by atoms with Gasteiger partial charge in [-0.2, -0.15) is 0 Å². The van der Waals surface area contributed by atoms with Crippen LogP contribution in [0.3, 0.4) is 0 Å². The largest absolute Gasteiger partial charge is 0.329 e. The zero-order chi connectivity index (χ0) is 10.2. The van der Waals surface area contributed by atoms with Crippen LogP contribution < -0.4 is 5.73 Å². The fourth-order valence-electron chi connectivity index (χ4n) is 2.34. The third kappa shape index (κ3) is 2.27. The lowest BCUT2D eigenvalue weighted by atomic mass is 10.1. The monoisotopic (exact) mass is 197 g/mol. The molecule has 3 heteroatoms. The van der Waals surface area contributed by atoms with Gasteiger partial charge in [-0.3, -0.25) is 4.90 Å². The van der Waals surface area contributed by atoms with Crippen LogP contribution in [0, 0.1) is 5.41 Å². The number of hydrogen-bond donors (Lipinski definition) is 1. The van der Waals surface area contributed by atoms with Crippen LogP contribution in [0.25, 0.3) is 0 Å². The van der Waals surface area contributed by atoms with E-state index in [0.717, 1.165) is 13.1 Å². The molecule has 2 aliphatic rings. The first kappa shape index (κ1) is 10.4. The average Bonchev–Trinajstić information content (AvgIpc) is 2.87. The van der Waals surface area contributed by atoms with Crippen LogP contribution in [0.4, 0.5) is 0 Å². The first-order chi connectivity index (χ1) is 6.63. The zero-order valence-electron chi connectivity index (χ0n) is 9.50. The van der Waals surface area contributed by atoms with Crippen molar-refractivity contribution >= 4 is 0 Å². The van der Waals surface area contributed by atoms with Gasteiger partial charge in [-0.25, -0.2) is 0 Å². The molecular weight excluding hydrogens is 174 g/mol. The molecule has 0 bridgehead atoms. The van der Waals surface area contributed by atoms with E-state index in [1.165, 1.54) is 32.5 Å². The third-order valence-corrected chi connectivity index (χ3v) is 3.77. The van der Waals surface area contributed by atoms with Gasteiger partial charge in [0.2, 0.25) is 0 Å². The van der Waals surface area contributed by atoms with Crippen LogP contribution in [0.2, 0.25) is 0 Å². The molecule has 0 spiro atoms. The van der Waals surface area contributed by atoms with Gasteiger partial charge in [-0.05, 0) is 25.3 Å². The van der Waals surface area contributed by atoms with E-state index in [1.54, 1.807) is 0 Å². The fraction of sp³-hybridized carbons (Fsp3) is 1.00. The van der Waals surface area contributed by atoms with Crippen molar-refractivity contribution < 1.29 is 0 Å². The van der Waals surface area contributed by atoms with E-state index in [2.05, 4.69) is 23.8 Å². The molecule has 1 aliphatic carbocycles. The number of nitrogens with two attached hydrogens (primary N) is 1. The Bertz CT molecular complexity index is 201. The third-order valence-electron chi connectivity index (χ3n) is 3.77. The smallest absolute Gasteiger partial charge is 0.0346 e. The quantitative estimate of drug-likeness (QED) is 0.709. The Morgan fingerprint density at radius 3 is 2.64 bits per heavy atom. The summed E-state index contributed by atoms with van der Waals surface area (Å²) in [7, 11) is 2.19. The number of likely N-dealkylation sites (N-methyl/N-ethyl adjacent to an activating group) is 1. The second kappa shape index (κ2) is 3.80. The van der Waals surface area contributed by atoms with E-state index in [9.17, 15) is 0 Å². The van der Waals surface area contributed by atoms with Gasteiger partial charge in [0.1, 0.15) is 0 Å². The van der Waals surface area contributed by atoms with Crippen molar-refractivity contribution in [3.8, 4) is 0 Å². The SMILES string of the molecule is CN1CCN(CC2(C)CC2)C(CN)C1. The van der Waals surface area contributed by atoms with Crippen molar-refractivity contribution in [3.63, 3.8) is 0 Å². The molecule has 2 N–H and O–H groups in total. The second-order valence-electron chi connectivity index (χ2n) is 5.43. The van der Waals surface area contributed by atoms with E-state index in [0.29, 0.717) is 11.5 Å². The summed E-state index contributed by atoms with van der Waals surface area (Å²) in [5.41, 5.74) is 6.46. The van der Waals surface area contributed by atoms with Crippen molar-refractivity contribution in [2.24, 2.45) is 11.1 Å². The normalized spacial score (nSPS) is 33.2. The summed E-state index contributed by atoms with van der Waals surface area (Å²) in [6.07, 6.45) is 2.83. The molecule has 14 heavy (non-hydrogen) atoms. The number of rotatable bonds is 3. The molecule has 1 saturated carbocycles. The van der Waals surface area contributed by atoms with E-state index in [1.807, 2.05) is 0 Å². The summed E-state index contributed by atoms with van der Waals surface area (Å²) >= 11 is 0. The summed E-state index contributed by atoms with van der Waals surface area (Å²) in [6, 6.07) is 0.589. The first-order valence-electron chi connectivity index (χ1n) is 5.76. The maximum absolute atomic E-state index is 5.83. The highest BCUT2D eigenvalue weighted by Crippen LogP contribution is 2.45. The minimum atomic E-state index is 0.589. The lowest BCUT2D eigenvalue weighted by Gasteiger charge is -2.40. The highest BCUT2D eigenvalue weighted by molar-refractivity contribution is 4.94. The summed E-state index contributed by atoms with van der Waals surface area (Å²) in [5.74, 6) is 0.